The smallest absolute Gasteiger partial charge is 0.152 e. The van der Waals surface area contributed by atoms with E-state index in [0.29, 0.717) is 0 Å². The van der Waals surface area contributed by atoms with Crippen molar-refractivity contribution in [2.45, 2.75) is 6.54 Å². The van der Waals surface area contributed by atoms with Crippen molar-refractivity contribution in [2.75, 3.05) is 12.0 Å². The second-order valence-corrected chi connectivity index (χ2v) is 4.25. The average molecular weight is 220 g/mol. The fourth-order valence-corrected chi connectivity index (χ4v) is 1.98. The highest BCUT2D eigenvalue weighted by Crippen LogP contribution is 2.17. The van der Waals surface area contributed by atoms with Gasteiger partial charge in [0.1, 0.15) is 5.65 Å². The van der Waals surface area contributed by atoms with Gasteiger partial charge in [-0.15, -0.1) is 0 Å². The molecule has 0 aliphatic rings. The van der Waals surface area contributed by atoms with Crippen LogP contribution in [0, 0.1) is 0 Å². The Morgan fingerprint density at radius 3 is 3.20 bits per heavy atom. The molecule has 78 valence electrons. The van der Waals surface area contributed by atoms with Crippen molar-refractivity contribution < 1.29 is 4.79 Å². The quantitative estimate of drug-likeness (QED) is 0.741. The van der Waals surface area contributed by atoms with Gasteiger partial charge in [0, 0.05) is 35.6 Å². The molecular weight excluding hydrogens is 208 g/mol. The van der Waals surface area contributed by atoms with Gasteiger partial charge in [-0.25, -0.2) is 4.98 Å². The molecule has 0 atom stereocenters. The summed E-state index contributed by atoms with van der Waals surface area (Å²) in [5, 5.41) is 0.939. The number of aryl methyl sites for hydroxylation is 1. The van der Waals surface area contributed by atoms with E-state index in [-0.39, 0.29) is 0 Å². The third-order valence-corrected chi connectivity index (χ3v) is 2.92. The van der Waals surface area contributed by atoms with Crippen molar-refractivity contribution in [1.29, 1.82) is 0 Å². The van der Waals surface area contributed by atoms with E-state index in [1.54, 1.807) is 18.0 Å². The number of aldehydes is 1. The van der Waals surface area contributed by atoms with Crippen LogP contribution in [-0.2, 0) is 6.54 Å². The normalized spacial score (nSPS) is 10.7. The minimum atomic E-state index is 0.721. The standard InChI is InChI=1S/C11H12N2OS/c1-15-6-5-13-7-9(8-14)10-3-2-4-12-11(10)13/h2-4,7-8H,5-6H2,1H3. The van der Waals surface area contributed by atoms with E-state index in [4.69, 9.17) is 0 Å². The third-order valence-electron chi connectivity index (χ3n) is 2.33. The number of thioether (sulfide) groups is 1. The number of pyridine rings is 1. The Morgan fingerprint density at radius 2 is 2.47 bits per heavy atom. The minimum Gasteiger partial charge on any atom is -0.331 e. The highest BCUT2D eigenvalue weighted by atomic mass is 32.2. The largest absolute Gasteiger partial charge is 0.331 e. The fraction of sp³-hybridized carbons (Fsp3) is 0.273. The molecule has 2 rings (SSSR count). The van der Waals surface area contributed by atoms with Crippen LogP contribution in [0.3, 0.4) is 0 Å². The van der Waals surface area contributed by atoms with Gasteiger partial charge in [0.25, 0.3) is 0 Å². The van der Waals surface area contributed by atoms with Crippen LogP contribution in [0.1, 0.15) is 10.4 Å². The summed E-state index contributed by atoms with van der Waals surface area (Å²) in [4.78, 5) is 15.2. The number of hydrogen-bond acceptors (Lipinski definition) is 3. The van der Waals surface area contributed by atoms with Crippen LogP contribution in [-0.4, -0.2) is 27.8 Å². The molecule has 15 heavy (non-hydrogen) atoms. The molecule has 0 unspecified atom stereocenters. The number of aromatic nitrogens is 2. The van der Waals surface area contributed by atoms with E-state index in [9.17, 15) is 4.79 Å². The fourth-order valence-electron chi connectivity index (χ4n) is 1.60. The lowest BCUT2D eigenvalue weighted by Gasteiger charge is -2.01. The average Bonchev–Trinajstić information content (AvgIpc) is 2.65. The van der Waals surface area contributed by atoms with Gasteiger partial charge < -0.3 is 4.57 Å². The molecule has 0 saturated carbocycles. The maximum absolute atomic E-state index is 10.9. The van der Waals surface area contributed by atoms with E-state index in [2.05, 4.69) is 11.2 Å². The Balaban J connectivity index is 2.50. The van der Waals surface area contributed by atoms with E-state index in [0.717, 1.165) is 35.2 Å². The molecular formula is C11H12N2OS. The second-order valence-electron chi connectivity index (χ2n) is 3.26. The van der Waals surface area contributed by atoms with Crippen molar-refractivity contribution in [2.24, 2.45) is 0 Å². The zero-order chi connectivity index (χ0) is 10.7. The molecule has 0 radical (unpaired) electrons. The summed E-state index contributed by atoms with van der Waals surface area (Å²) in [6, 6.07) is 3.79. The molecule has 0 aliphatic carbocycles. The van der Waals surface area contributed by atoms with E-state index in [1.165, 1.54) is 0 Å². The van der Waals surface area contributed by atoms with E-state index < -0.39 is 0 Å². The first-order chi connectivity index (χ1) is 7.36. The van der Waals surface area contributed by atoms with Gasteiger partial charge in [-0.2, -0.15) is 11.8 Å². The minimum absolute atomic E-state index is 0.721. The number of nitrogens with zero attached hydrogens (tertiary/aromatic N) is 2. The molecule has 0 N–H and O–H groups in total. The summed E-state index contributed by atoms with van der Waals surface area (Å²) in [6.45, 7) is 0.891. The zero-order valence-corrected chi connectivity index (χ0v) is 9.33. The topological polar surface area (TPSA) is 34.9 Å². The molecule has 4 heteroatoms. The Kier molecular flexibility index (Phi) is 3.06. The zero-order valence-electron chi connectivity index (χ0n) is 8.51. The molecule has 0 amide bonds. The Hall–Kier alpha value is -1.29. The molecule has 0 saturated heterocycles. The molecule has 2 aromatic heterocycles. The van der Waals surface area contributed by atoms with Gasteiger partial charge in [0.15, 0.2) is 6.29 Å². The van der Waals surface area contributed by atoms with Crippen LogP contribution in [0.15, 0.2) is 24.5 Å². The van der Waals surface area contributed by atoms with Crippen LogP contribution in [0.5, 0.6) is 0 Å². The summed E-state index contributed by atoms with van der Waals surface area (Å²) in [7, 11) is 0. The summed E-state index contributed by atoms with van der Waals surface area (Å²) in [5.74, 6) is 1.03. The first-order valence-electron chi connectivity index (χ1n) is 4.75. The van der Waals surface area contributed by atoms with Gasteiger partial charge in [-0.1, -0.05) is 0 Å². The summed E-state index contributed by atoms with van der Waals surface area (Å²) in [6.07, 6.45) is 6.59. The lowest BCUT2D eigenvalue weighted by Crippen LogP contribution is -1.99. The Morgan fingerprint density at radius 1 is 1.60 bits per heavy atom. The lowest BCUT2D eigenvalue weighted by atomic mass is 10.2. The van der Waals surface area contributed by atoms with E-state index in [1.807, 2.05) is 22.9 Å². The van der Waals surface area contributed by atoms with Crippen molar-refractivity contribution in [3.8, 4) is 0 Å². The molecule has 0 aromatic carbocycles. The van der Waals surface area contributed by atoms with Crippen LogP contribution < -0.4 is 0 Å². The maximum atomic E-state index is 10.9. The summed E-state index contributed by atoms with van der Waals surface area (Å²) >= 11 is 1.78. The van der Waals surface area contributed by atoms with Crippen LogP contribution >= 0.6 is 11.8 Å². The number of rotatable bonds is 4. The van der Waals surface area contributed by atoms with Gasteiger partial charge in [0.05, 0.1) is 0 Å². The van der Waals surface area contributed by atoms with Crippen LogP contribution in [0.4, 0.5) is 0 Å². The van der Waals surface area contributed by atoms with Crippen molar-refractivity contribution >= 4 is 29.1 Å². The summed E-state index contributed by atoms with van der Waals surface area (Å²) < 4.78 is 2.04. The van der Waals surface area contributed by atoms with Crippen molar-refractivity contribution in [3.05, 3.63) is 30.1 Å². The highest BCUT2D eigenvalue weighted by molar-refractivity contribution is 7.98. The SMILES string of the molecule is CSCCn1cc(C=O)c2cccnc21. The van der Waals surface area contributed by atoms with Gasteiger partial charge >= 0.3 is 0 Å². The predicted molar refractivity (Wildman–Crippen MR) is 63.5 cm³/mol. The Labute approximate surface area is 92.5 Å². The van der Waals surface area contributed by atoms with Gasteiger partial charge in [-0.05, 0) is 18.4 Å². The molecule has 0 fully saturated rings. The van der Waals surface area contributed by atoms with E-state index >= 15 is 0 Å². The number of hydrogen-bond donors (Lipinski definition) is 0. The second kappa shape index (κ2) is 4.49. The first-order valence-corrected chi connectivity index (χ1v) is 6.14. The first kappa shape index (κ1) is 10.2. The molecule has 2 aromatic rings. The van der Waals surface area contributed by atoms with Crippen molar-refractivity contribution in [1.82, 2.24) is 9.55 Å². The lowest BCUT2D eigenvalue weighted by molar-refractivity contribution is 0.112. The van der Waals surface area contributed by atoms with Crippen molar-refractivity contribution in [3.63, 3.8) is 0 Å². The van der Waals surface area contributed by atoms with Crippen LogP contribution in [0.25, 0.3) is 11.0 Å². The maximum Gasteiger partial charge on any atom is 0.152 e. The summed E-state index contributed by atoms with van der Waals surface area (Å²) in [5.41, 5.74) is 1.62. The number of carbonyl (C=O) groups excluding carboxylic acids is 1. The highest BCUT2D eigenvalue weighted by Gasteiger charge is 2.07. The molecule has 0 bridgehead atoms. The molecule has 0 spiro atoms. The molecule has 0 aliphatic heterocycles. The molecule has 3 nitrogen and oxygen atoms in total. The number of carbonyl (C=O) groups is 1. The molecule has 2 heterocycles. The predicted octanol–water partition coefficient (Wildman–Crippen LogP) is 2.21. The Bertz CT molecular complexity index is 478. The van der Waals surface area contributed by atoms with Gasteiger partial charge in [-0.3, -0.25) is 4.79 Å². The van der Waals surface area contributed by atoms with Gasteiger partial charge in [0.2, 0.25) is 0 Å². The monoisotopic (exact) mass is 220 g/mol. The number of fused-ring (bicyclic) bond motifs is 1. The third kappa shape index (κ3) is 1.90. The van der Waals surface area contributed by atoms with Crippen LogP contribution in [0.2, 0.25) is 0 Å².